The van der Waals surface area contributed by atoms with Crippen LogP contribution in [0.3, 0.4) is 0 Å². The number of ether oxygens (including phenoxy) is 1. The maximum absolute atomic E-state index is 10.9. The molecule has 0 aliphatic rings. The van der Waals surface area contributed by atoms with E-state index < -0.39 is 17.2 Å². The van der Waals surface area contributed by atoms with E-state index in [4.69, 9.17) is 10.3 Å². The number of anilines is 1. The van der Waals surface area contributed by atoms with E-state index in [1.165, 1.54) is 25.3 Å². The van der Waals surface area contributed by atoms with E-state index in [0.717, 1.165) is 0 Å². The summed E-state index contributed by atoms with van der Waals surface area (Å²) >= 11 is -2.09. The zero-order valence-corrected chi connectivity index (χ0v) is 9.41. The summed E-state index contributed by atoms with van der Waals surface area (Å²) in [5, 5.41) is 2.44. The summed E-state index contributed by atoms with van der Waals surface area (Å²) in [6.45, 7) is 0.109. The Hall–Kier alpha value is -1.44. The minimum Gasteiger partial charge on any atom is -0.453 e. The second-order valence-electron chi connectivity index (χ2n) is 2.89. The second kappa shape index (κ2) is 5.59. The number of nitrogens with two attached hydrogens (primary N) is 1. The molecule has 6 nitrogen and oxygen atoms in total. The summed E-state index contributed by atoms with van der Waals surface area (Å²) in [7, 11) is 1.25. The molecular formula is C9H12N2O4S. The summed E-state index contributed by atoms with van der Waals surface area (Å²) < 4.78 is 24.3. The molecule has 1 atom stereocenters. The van der Waals surface area contributed by atoms with Gasteiger partial charge in [0.25, 0.3) is 0 Å². The van der Waals surface area contributed by atoms with Crippen LogP contribution in [0.4, 0.5) is 10.5 Å². The molecule has 16 heavy (non-hydrogen) atoms. The van der Waals surface area contributed by atoms with Crippen LogP contribution in [-0.2, 0) is 22.4 Å². The molecule has 1 aromatic rings. The van der Waals surface area contributed by atoms with Gasteiger partial charge in [-0.05, 0) is 23.8 Å². The molecule has 0 spiro atoms. The molecule has 1 unspecified atom stereocenters. The lowest BCUT2D eigenvalue weighted by atomic mass is 10.2. The minimum atomic E-state index is -2.09. The van der Waals surface area contributed by atoms with Crippen molar-refractivity contribution >= 4 is 22.9 Å². The van der Waals surface area contributed by atoms with Crippen LogP contribution in [0.2, 0.25) is 0 Å². The highest BCUT2D eigenvalue weighted by Crippen LogP contribution is 2.18. The fraction of sp³-hybridized carbons (Fsp3) is 0.222. The number of methoxy groups -OCH3 is 1. The predicted molar refractivity (Wildman–Crippen MR) is 59.4 cm³/mol. The van der Waals surface area contributed by atoms with Gasteiger partial charge >= 0.3 is 6.09 Å². The van der Waals surface area contributed by atoms with Crippen molar-refractivity contribution in [3.05, 3.63) is 23.8 Å². The van der Waals surface area contributed by atoms with E-state index in [9.17, 15) is 9.00 Å². The van der Waals surface area contributed by atoms with Crippen molar-refractivity contribution in [1.29, 1.82) is 0 Å². The summed E-state index contributed by atoms with van der Waals surface area (Å²) in [5.74, 6) is 0. The van der Waals surface area contributed by atoms with Crippen molar-refractivity contribution in [3.8, 4) is 0 Å². The number of rotatable bonds is 3. The molecule has 7 heteroatoms. The molecule has 1 amide bonds. The first kappa shape index (κ1) is 12.6. The number of benzene rings is 1. The Kier molecular flexibility index (Phi) is 4.41. The van der Waals surface area contributed by atoms with E-state index in [0.29, 0.717) is 11.3 Å². The molecule has 0 radical (unpaired) electrons. The van der Waals surface area contributed by atoms with E-state index >= 15 is 0 Å². The topological polar surface area (TPSA) is 102 Å². The molecule has 88 valence electrons. The first-order chi connectivity index (χ1) is 7.58. The van der Waals surface area contributed by atoms with Crippen molar-refractivity contribution in [2.75, 3.05) is 12.4 Å². The lowest BCUT2D eigenvalue weighted by Crippen LogP contribution is -2.12. The zero-order valence-electron chi connectivity index (χ0n) is 8.60. The Labute approximate surface area is 95.1 Å². The maximum Gasteiger partial charge on any atom is 0.411 e. The van der Waals surface area contributed by atoms with E-state index in [-0.39, 0.29) is 11.4 Å². The molecular weight excluding hydrogens is 232 g/mol. The van der Waals surface area contributed by atoms with Gasteiger partial charge in [0.15, 0.2) is 11.1 Å². The standard InChI is InChI=1S/C9H12N2O4S/c1-15-9(12)11-7-2-3-8(16(13)14)6(4-7)5-10/h2-4H,5,10H2,1H3,(H,11,12)(H,13,14). The predicted octanol–water partition coefficient (Wildman–Crippen LogP) is 0.904. The molecule has 0 fully saturated rings. The van der Waals surface area contributed by atoms with Gasteiger partial charge in [-0.3, -0.25) is 5.32 Å². The van der Waals surface area contributed by atoms with Crippen LogP contribution in [0, 0.1) is 0 Å². The van der Waals surface area contributed by atoms with E-state index in [1.807, 2.05) is 0 Å². The number of carbonyl (C=O) groups is 1. The second-order valence-corrected chi connectivity index (χ2v) is 3.83. The Morgan fingerprint density at radius 2 is 2.31 bits per heavy atom. The smallest absolute Gasteiger partial charge is 0.411 e. The number of nitrogens with one attached hydrogen (secondary N) is 1. The molecule has 4 N–H and O–H groups in total. The van der Waals surface area contributed by atoms with Crippen molar-refractivity contribution < 1.29 is 18.3 Å². The maximum atomic E-state index is 10.9. The SMILES string of the molecule is COC(=O)Nc1ccc(S(=O)O)c(CN)c1. The molecule has 1 aromatic carbocycles. The average molecular weight is 244 g/mol. The van der Waals surface area contributed by atoms with Gasteiger partial charge in [0.1, 0.15) is 0 Å². The summed E-state index contributed by atoms with van der Waals surface area (Å²) in [4.78, 5) is 11.2. The third kappa shape index (κ3) is 3.02. The van der Waals surface area contributed by atoms with Crippen molar-refractivity contribution in [1.82, 2.24) is 0 Å². The average Bonchev–Trinajstić information content (AvgIpc) is 2.28. The van der Waals surface area contributed by atoms with Gasteiger partial charge in [-0.1, -0.05) is 0 Å². The van der Waals surface area contributed by atoms with Crippen molar-refractivity contribution in [2.45, 2.75) is 11.4 Å². The van der Waals surface area contributed by atoms with Gasteiger partial charge < -0.3 is 15.0 Å². The van der Waals surface area contributed by atoms with Crippen LogP contribution in [0.15, 0.2) is 23.1 Å². The molecule has 0 aliphatic carbocycles. The lowest BCUT2D eigenvalue weighted by molar-refractivity contribution is 0.187. The van der Waals surface area contributed by atoms with Crippen LogP contribution in [-0.4, -0.2) is 22.0 Å². The Balaban J connectivity index is 2.99. The third-order valence-electron chi connectivity index (χ3n) is 1.90. The first-order valence-electron chi connectivity index (χ1n) is 4.37. The molecule has 0 heterocycles. The van der Waals surface area contributed by atoms with Gasteiger partial charge in [-0.2, -0.15) is 0 Å². The highest BCUT2D eigenvalue weighted by atomic mass is 32.2. The van der Waals surface area contributed by atoms with Crippen LogP contribution >= 0.6 is 0 Å². The quantitative estimate of drug-likeness (QED) is 0.686. The van der Waals surface area contributed by atoms with Gasteiger partial charge in [-0.25, -0.2) is 9.00 Å². The molecule has 0 saturated carbocycles. The normalized spacial score (nSPS) is 11.9. The van der Waals surface area contributed by atoms with Crippen LogP contribution in [0.5, 0.6) is 0 Å². The Morgan fingerprint density at radius 1 is 1.62 bits per heavy atom. The van der Waals surface area contributed by atoms with Crippen LogP contribution in [0.25, 0.3) is 0 Å². The van der Waals surface area contributed by atoms with Crippen LogP contribution in [0.1, 0.15) is 5.56 Å². The number of hydrogen-bond acceptors (Lipinski definition) is 4. The number of carbonyl (C=O) groups excluding carboxylic acids is 1. The minimum absolute atomic E-state index is 0.109. The fourth-order valence-corrected chi connectivity index (χ4v) is 1.71. The monoisotopic (exact) mass is 244 g/mol. The Bertz CT molecular complexity index is 422. The van der Waals surface area contributed by atoms with Gasteiger partial charge in [0.2, 0.25) is 0 Å². The highest BCUT2D eigenvalue weighted by molar-refractivity contribution is 7.79. The zero-order chi connectivity index (χ0) is 12.1. The largest absolute Gasteiger partial charge is 0.453 e. The summed E-state index contributed by atoms with van der Waals surface area (Å²) in [5.41, 5.74) is 6.39. The molecule has 0 aromatic heterocycles. The molecule has 0 saturated heterocycles. The van der Waals surface area contributed by atoms with E-state index in [1.54, 1.807) is 0 Å². The van der Waals surface area contributed by atoms with Crippen molar-refractivity contribution in [3.63, 3.8) is 0 Å². The molecule has 0 aliphatic heterocycles. The lowest BCUT2D eigenvalue weighted by Gasteiger charge is -2.08. The molecule has 0 bridgehead atoms. The van der Waals surface area contributed by atoms with Crippen LogP contribution < -0.4 is 11.1 Å². The van der Waals surface area contributed by atoms with Crippen molar-refractivity contribution in [2.24, 2.45) is 5.73 Å². The number of amides is 1. The number of hydrogen-bond donors (Lipinski definition) is 3. The van der Waals surface area contributed by atoms with Gasteiger partial charge in [-0.15, -0.1) is 0 Å². The third-order valence-corrected chi connectivity index (χ3v) is 2.67. The Morgan fingerprint density at radius 3 is 2.81 bits per heavy atom. The molecule has 1 rings (SSSR count). The summed E-state index contributed by atoms with van der Waals surface area (Å²) in [6, 6.07) is 4.46. The van der Waals surface area contributed by atoms with E-state index in [2.05, 4.69) is 10.1 Å². The summed E-state index contributed by atoms with van der Waals surface area (Å²) in [6.07, 6.45) is -0.610. The van der Waals surface area contributed by atoms with Gasteiger partial charge in [0, 0.05) is 12.2 Å². The highest BCUT2D eigenvalue weighted by Gasteiger charge is 2.09. The first-order valence-corrected chi connectivity index (χ1v) is 5.48. The van der Waals surface area contributed by atoms with Gasteiger partial charge in [0.05, 0.1) is 12.0 Å². The fourth-order valence-electron chi connectivity index (χ4n) is 1.16.